The minimum atomic E-state index is -0.603. The van der Waals surface area contributed by atoms with E-state index in [1.165, 1.54) is 19.5 Å². The molecule has 64 heavy (non-hydrogen) atoms. The quantitative estimate of drug-likeness (QED) is 0.0724. The van der Waals surface area contributed by atoms with Gasteiger partial charge < -0.3 is 41.2 Å². The van der Waals surface area contributed by atoms with Crippen LogP contribution in [0.4, 0.5) is 27.5 Å². The molecule has 2 fully saturated rings. The van der Waals surface area contributed by atoms with E-state index in [0.717, 1.165) is 49.7 Å². The zero-order chi connectivity index (χ0) is 44.8. The molecule has 2 aliphatic heterocycles. The van der Waals surface area contributed by atoms with Gasteiger partial charge in [-0.2, -0.15) is 0 Å². The van der Waals surface area contributed by atoms with E-state index in [1.807, 2.05) is 30.3 Å². The summed E-state index contributed by atoms with van der Waals surface area (Å²) in [6.07, 6.45) is 6.11. The molecule has 0 spiro atoms. The van der Waals surface area contributed by atoms with Crippen molar-refractivity contribution in [1.82, 2.24) is 20.6 Å². The van der Waals surface area contributed by atoms with Crippen molar-refractivity contribution in [2.75, 3.05) is 68.3 Å². The lowest BCUT2D eigenvalue weighted by Crippen LogP contribution is -2.33. The minimum absolute atomic E-state index is 0.149. The van der Waals surface area contributed by atoms with Crippen molar-refractivity contribution in [2.24, 2.45) is 11.8 Å². The smallest absolute Gasteiger partial charge is 0.411 e. The van der Waals surface area contributed by atoms with Gasteiger partial charge in [-0.25, -0.2) is 14.8 Å². The van der Waals surface area contributed by atoms with Crippen molar-refractivity contribution >= 4 is 74.0 Å². The Morgan fingerprint density at radius 2 is 1.00 bits per heavy atom. The van der Waals surface area contributed by atoms with Crippen LogP contribution in [0.3, 0.4) is 0 Å². The Hall–Kier alpha value is -7.43. The first-order valence-corrected chi connectivity index (χ1v) is 21.1. The van der Waals surface area contributed by atoms with Gasteiger partial charge in [0, 0.05) is 79.5 Å². The maximum absolute atomic E-state index is 13.2. The van der Waals surface area contributed by atoms with Crippen LogP contribution in [0.1, 0.15) is 67.4 Å². The summed E-state index contributed by atoms with van der Waals surface area (Å²) in [7, 11) is 1.28. The molecule has 4 heterocycles. The summed E-state index contributed by atoms with van der Waals surface area (Å²) in [4.78, 5) is 71.8. The number of nitrogens with zero attached hydrogens (tertiary/aromatic N) is 2. The number of ether oxygens (including phenoxy) is 3. The number of hydrogen-bond acceptors (Lipinski definition) is 11. The average Bonchev–Trinajstić information content (AvgIpc) is 3.34. The zero-order valence-corrected chi connectivity index (χ0v) is 35.4. The Morgan fingerprint density at radius 1 is 0.547 bits per heavy atom. The van der Waals surface area contributed by atoms with Crippen molar-refractivity contribution < 1.29 is 38.2 Å². The summed E-state index contributed by atoms with van der Waals surface area (Å²) in [5.74, 6) is -0.608. The molecule has 7 N–H and O–H groups in total. The van der Waals surface area contributed by atoms with Gasteiger partial charge in [0.05, 0.1) is 24.2 Å². The second-order valence-corrected chi connectivity index (χ2v) is 15.3. The second kappa shape index (κ2) is 21.6. The Kier molecular flexibility index (Phi) is 15.0. The molecule has 2 aliphatic rings. The lowest BCUT2D eigenvalue weighted by atomic mass is 10.0. The molecule has 0 aliphatic carbocycles. The van der Waals surface area contributed by atoms with Crippen LogP contribution in [0.2, 0.25) is 0 Å². The van der Waals surface area contributed by atoms with E-state index >= 15 is 0 Å². The number of fused-ring (bicyclic) bond motifs is 2. The minimum Gasteiger partial charge on any atom is -0.453 e. The first-order chi connectivity index (χ1) is 31.2. The largest absolute Gasteiger partial charge is 0.453 e. The molecule has 16 nitrogen and oxygen atoms in total. The van der Waals surface area contributed by atoms with Crippen LogP contribution in [0.5, 0.6) is 0 Å². The van der Waals surface area contributed by atoms with Crippen LogP contribution in [0.15, 0.2) is 109 Å². The van der Waals surface area contributed by atoms with Gasteiger partial charge in [0.25, 0.3) is 23.6 Å². The van der Waals surface area contributed by atoms with Crippen molar-refractivity contribution in [1.29, 1.82) is 0 Å². The number of nitrogen functional groups attached to an aromatic ring is 1. The van der Waals surface area contributed by atoms with Crippen LogP contribution in [0, 0.1) is 11.8 Å². The van der Waals surface area contributed by atoms with E-state index in [0.29, 0.717) is 82.8 Å². The molecule has 16 heteroatoms. The summed E-state index contributed by atoms with van der Waals surface area (Å²) in [6, 6.07) is 28.0. The normalized spacial score (nSPS) is 14.1. The number of rotatable bonds is 11. The molecule has 0 unspecified atom stereocenters. The van der Waals surface area contributed by atoms with Crippen molar-refractivity contribution in [3.05, 3.63) is 132 Å². The molecular weight excluding hydrogens is 817 g/mol. The van der Waals surface area contributed by atoms with Crippen LogP contribution in [-0.2, 0) is 14.2 Å². The van der Waals surface area contributed by atoms with Gasteiger partial charge in [-0.15, -0.1) is 0 Å². The first-order valence-electron chi connectivity index (χ1n) is 21.1. The van der Waals surface area contributed by atoms with E-state index in [1.54, 1.807) is 66.7 Å². The third kappa shape index (κ3) is 11.1. The van der Waals surface area contributed by atoms with Gasteiger partial charge in [0.1, 0.15) is 0 Å². The molecule has 2 aromatic heterocycles. The number of nitrogens with two attached hydrogens (primary N) is 1. The number of benzene rings is 4. The van der Waals surface area contributed by atoms with E-state index in [2.05, 4.69) is 41.3 Å². The highest BCUT2D eigenvalue weighted by atomic mass is 16.5. The molecule has 2 saturated heterocycles. The SMILES string of the molecule is COC(=O)Nc1ccc(C(=O)Nc2cccnc2C(=O)NCC2CCOCC2)c2ccccc12.Nc1ccc(C(=O)Nc2cccnc2C(=O)NCC2CCOCC2)c2ccccc12. The molecule has 8 rings (SSSR count). The molecule has 0 bridgehead atoms. The van der Waals surface area contributed by atoms with Crippen LogP contribution in [-0.4, -0.2) is 86.3 Å². The van der Waals surface area contributed by atoms with Gasteiger partial charge in [-0.1, -0.05) is 48.5 Å². The number of carbonyl (C=O) groups excluding carboxylic acids is 5. The third-order valence-corrected chi connectivity index (χ3v) is 11.1. The Bertz CT molecular complexity index is 2650. The number of amides is 5. The van der Waals surface area contributed by atoms with Crippen molar-refractivity contribution in [3.8, 4) is 0 Å². The lowest BCUT2D eigenvalue weighted by molar-refractivity contribution is 0.0642. The summed E-state index contributed by atoms with van der Waals surface area (Å²) < 4.78 is 15.4. The van der Waals surface area contributed by atoms with Gasteiger partial charge >= 0.3 is 6.09 Å². The van der Waals surface area contributed by atoms with Crippen LogP contribution in [0.25, 0.3) is 21.5 Å². The molecule has 6 aromatic rings. The van der Waals surface area contributed by atoms with Crippen molar-refractivity contribution in [2.45, 2.75) is 25.7 Å². The number of hydrogen-bond donors (Lipinski definition) is 6. The fraction of sp³-hybridized carbons (Fsp3) is 0.271. The number of aromatic nitrogens is 2. The maximum Gasteiger partial charge on any atom is 0.411 e. The maximum atomic E-state index is 13.2. The monoisotopic (exact) mass is 866 g/mol. The molecule has 0 radical (unpaired) electrons. The zero-order valence-electron chi connectivity index (χ0n) is 35.4. The highest BCUT2D eigenvalue weighted by molar-refractivity contribution is 6.18. The Labute approximate surface area is 369 Å². The standard InChI is InChI=1S/C25H26N4O5.C23H24N4O3/c1-33-25(32)29-20-9-8-19(17-5-2-3-6-18(17)20)23(30)28-21-7-4-12-26-22(21)24(31)27-15-16-10-13-34-14-11-16;24-19-8-7-18(16-4-1-2-5-17(16)19)22(28)27-20-6-3-11-25-21(20)23(29)26-14-15-9-12-30-13-10-15/h2-9,12,16H,10-11,13-15H2,1H3,(H,27,31)(H,28,30)(H,29,32);1-8,11,15H,9-10,12-14,24H2,(H,26,29)(H,27,28). The van der Waals surface area contributed by atoms with E-state index in [-0.39, 0.29) is 29.1 Å². The predicted molar refractivity (Wildman–Crippen MR) is 244 cm³/mol. The van der Waals surface area contributed by atoms with Crippen molar-refractivity contribution in [3.63, 3.8) is 0 Å². The molecular formula is C48H50N8O8. The highest BCUT2D eigenvalue weighted by Crippen LogP contribution is 2.29. The Morgan fingerprint density at radius 3 is 1.50 bits per heavy atom. The summed E-state index contributed by atoms with van der Waals surface area (Å²) in [6.45, 7) is 3.95. The number of pyridine rings is 2. The molecule has 4 aromatic carbocycles. The topological polar surface area (TPSA) is 225 Å². The molecule has 5 amide bonds. The van der Waals surface area contributed by atoms with Gasteiger partial charge in [-0.3, -0.25) is 24.5 Å². The fourth-order valence-corrected chi connectivity index (χ4v) is 7.58. The fourth-order valence-electron chi connectivity index (χ4n) is 7.58. The predicted octanol–water partition coefficient (Wildman–Crippen LogP) is 7.05. The summed E-state index contributed by atoms with van der Waals surface area (Å²) >= 11 is 0. The molecule has 330 valence electrons. The van der Waals surface area contributed by atoms with Crippen LogP contribution < -0.4 is 32.3 Å². The lowest BCUT2D eigenvalue weighted by Gasteiger charge is -2.22. The summed E-state index contributed by atoms with van der Waals surface area (Å²) in [5.41, 5.74) is 9.07. The molecule has 0 saturated carbocycles. The average molecular weight is 867 g/mol. The number of nitrogens with one attached hydrogen (secondary N) is 5. The van der Waals surface area contributed by atoms with E-state index in [4.69, 9.17) is 15.2 Å². The second-order valence-electron chi connectivity index (χ2n) is 15.3. The first kappa shape index (κ1) is 44.6. The van der Waals surface area contributed by atoms with Gasteiger partial charge in [0.2, 0.25) is 0 Å². The summed E-state index contributed by atoms with van der Waals surface area (Å²) in [5, 5.41) is 17.0. The number of carbonyl (C=O) groups is 5. The highest BCUT2D eigenvalue weighted by Gasteiger charge is 2.22. The van der Waals surface area contributed by atoms with Gasteiger partial charge in [0.15, 0.2) is 11.4 Å². The van der Waals surface area contributed by atoms with Crippen LogP contribution >= 0.6 is 0 Å². The number of methoxy groups -OCH3 is 1. The third-order valence-electron chi connectivity index (χ3n) is 11.1. The van der Waals surface area contributed by atoms with E-state index < -0.39 is 12.0 Å². The van der Waals surface area contributed by atoms with E-state index in [9.17, 15) is 24.0 Å². The molecule has 0 atom stereocenters. The number of anilines is 4. The van der Waals surface area contributed by atoms with Gasteiger partial charge in [-0.05, 0) is 96.8 Å². The Balaban J connectivity index is 0.000000193.